The van der Waals surface area contributed by atoms with E-state index in [9.17, 15) is 18.3 Å². The highest BCUT2D eigenvalue weighted by molar-refractivity contribution is 7.89. The summed E-state index contributed by atoms with van der Waals surface area (Å²) in [4.78, 5) is 10.5. The van der Waals surface area contributed by atoms with Crippen molar-refractivity contribution >= 4 is 38.3 Å². The van der Waals surface area contributed by atoms with Gasteiger partial charge in [-0.25, -0.2) is 12.7 Å². The van der Waals surface area contributed by atoms with Gasteiger partial charge in [0.25, 0.3) is 0 Å². The van der Waals surface area contributed by atoms with Crippen molar-refractivity contribution in [3.63, 3.8) is 0 Å². The summed E-state index contributed by atoms with van der Waals surface area (Å²) in [6.45, 7) is -0.229. The molecule has 0 aliphatic rings. The van der Waals surface area contributed by atoms with E-state index in [0.29, 0.717) is 0 Å². The minimum atomic E-state index is -3.77. The van der Waals surface area contributed by atoms with E-state index < -0.39 is 22.0 Å². The predicted octanol–water partition coefficient (Wildman–Crippen LogP) is -1.77. The third-order valence-corrected chi connectivity index (χ3v) is 5.04. The van der Waals surface area contributed by atoms with Gasteiger partial charge in [-0.3, -0.25) is 4.79 Å². The van der Waals surface area contributed by atoms with Crippen LogP contribution in [0.2, 0.25) is 0 Å². The van der Waals surface area contributed by atoms with Crippen molar-refractivity contribution in [1.82, 2.24) is 8.68 Å². The van der Waals surface area contributed by atoms with Gasteiger partial charge in [-0.05, 0) is 11.5 Å². The minimum Gasteiger partial charge on any atom is -0.382 e. The van der Waals surface area contributed by atoms with Crippen LogP contribution in [0, 0.1) is 0 Å². The van der Waals surface area contributed by atoms with E-state index >= 15 is 0 Å². The highest BCUT2D eigenvalue weighted by Gasteiger charge is 2.28. The molecule has 11 heteroatoms. The molecular formula is C8H15N5O4S2. The highest BCUT2D eigenvalue weighted by Crippen LogP contribution is 2.32. The largest absolute Gasteiger partial charge is 0.382 e. The summed E-state index contributed by atoms with van der Waals surface area (Å²) in [7, 11) is -1.06. The molecule has 19 heavy (non-hydrogen) atoms. The molecule has 0 radical (unpaired) electrons. The molecule has 0 saturated carbocycles. The molecule has 0 spiro atoms. The topological polar surface area (TPSA) is 152 Å². The molecule has 0 aromatic carbocycles. The third-order valence-electron chi connectivity index (χ3n) is 2.20. The number of hydrogen-bond acceptors (Lipinski definition) is 8. The Morgan fingerprint density at radius 1 is 1.58 bits per heavy atom. The second-order valence-corrected chi connectivity index (χ2v) is 6.67. The Kier molecular flexibility index (Phi) is 4.68. The molecule has 6 N–H and O–H groups in total. The summed E-state index contributed by atoms with van der Waals surface area (Å²) < 4.78 is 28.8. The van der Waals surface area contributed by atoms with Gasteiger partial charge in [-0.2, -0.15) is 4.37 Å². The predicted molar refractivity (Wildman–Crippen MR) is 71.1 cm³/mol. The van der Waals surface area contributed by atoms with Crippen molar-refractivity contribution < 1.29 is 18.3 Å². The molecule has 0 fully saturated rings. The van der Waals surface area contributed by atoms with E-state index in [0.717, 1.165) is 15.8 Å². The lowest BCUT2D eigenvalue weighted by Crippen LogP contribution is -2.34. The first-order chi connectivity index (χ1) is 8.67. The van der Waals surface area contributed by atoms with Gasteiger partial charge in [0.2, 0.25) is 15.9 Å². The van der Waals surface area contributed by atoms with E-state index in [1.54, 1.807) is 0 Å². The summed E-state index contributed by atoms with van der Waals surface area (Å²) in [5.74, 6) is -1.06. The first kappa shape index (κ1) is 15.6. The maximum absolute atomic E-state index is 12.0. The molecule has 0 aliphatic heterocycles. The Morgan fingerprint density at radius 3 is 2.63 bits per heavy atom. The molecule has 9 nitrogen and oxygen atoms in total. The number of primary amides is 1. The van der Waals surface area contributed by atoms with Gasteiger partial charge in [0.15, 0.2) is 10.7 Å². The summed E-state index contributed by atoms with van der Waals surface area (Å²) in [5.41, 5.74) is 10.4. The standard InChI is InChI=1S/C8H15N5O4S2/c1-13(2)19(16,17)5-6(9)12-18-8(5)11-3-4(14)7(10)15/h4,11,14H,3H2,1-2H3,(H2,9,12)(H2,10,15). The molecule has 0 aliphatic carbocycles. The molecule has 1 amide bonds. The molecule has 1 unspecified atom stereocenters. The summed E-state index contributed by atoms with van der Waals surface area (Å²) in [6.07, 6.45) is -1.43. The maximum Gasteiger partial charge on any atom is 0.249 e. The van der Waals surface area contributed by atoms with Crippen LogP contribution in [0.4, 0.5) is 10.8 Å². The molecular weight excluding hydrogens is 294 g/mol. The summed E-state index contributed by atoms with van der Waals surface area (Å²) >= 11 is 0.819. The number of sulfonamides is 1. The Balaban J connectivity index is 3.03. The number of nitrogens with one attached hydrogen (secondary N) is 1. The zero-order chi connectivity index (χ0) is 14.8. The summed E-state index contributed by atoms with van der Waals surface area (Å²) in [6, 6.07) is 0. The number of amides is 1. The minimum absolute atomic E-state index is 0.144. The zero-order valence-corrected chi connectivity index (χ0v) is 12.0. The average Bonchev–Trinajstić information content (AvgIpc) is 2.67. The lowest BCUT2D eigenvalue weighted by molar-refractivity contribution is -0.125. The number of aliphatic hydroxyl groups excluding tert-OH is 1. The Morgan fingerprint density at radius 2 is 2.16 bits per heavy atom. The molecule has 1 rings (SSSR count). The van der Waals surface area contributed by atoms with Crippen LogP contribution in [-0.2, 0) is 14.8 Å². The number of nitrogen functional groups attached to an aromatic ring is 1. The van der Waals surface area contributed by atoms with Crippen LogP contribution in [0.5, 0.6) is 0 Å². The van der Waals surface area contributed by atoms with Crippen molar-refractivity contribution in [1.29, 1.82) is 0 Å². The van der Waals surface area contributed by atoms with Crippen LogP contribution in [0.15, 0.2) is 4.90 Å². The van der Waals surface area contributed by atoms with Gasteiger partial charge in [0.05, 0.1) is 6.54 Å². The molecule has 1 atom stereocenters. The van der Waals surface area contributed by atoms with Gasteiger partial charge in [0.1, 0.15) is 11.1 Å². The second-order valence-electron chi connectivity index (χ2n) is 3.81. The quantitative estimate of drug-likeness (QED) is 0.485. The average molecular weight is 309 g/mol. The van der Waals surface area contributed by atoms with Crippen molar-refractivity contribution in [2.45, 2.75) is 11.0 Å². The Hall–Kier alpha value is -1.43. The van der Waals surface area contributed by atoms with Crippen molar-refractivity contribution in [3.05, 3.63) is 0 Å². The van der Waals surface area contributed by atoms with Crippen LogP contribution >= 0.6 is 11.5 Å². The molecule has 1 aromatic rings. The van der Waals surface area contributed by atoms with E-state index in [2.05, 4.69) is 9.69 Å². The number of aromatic nitrogens is 1. The van der Waals surface area contributed by atoms with Crippen molar-refractivity contribution in [2.24, 2.45) is 5.73 Å². The van der Waals surface area contributed by atoms with E-state index in [-0.39, 0.29) is 22.3 Å². The number of nitrogens with two attached hydrogens (primary N) is 2. The number of carbonyl (C=O) groups is 1. The Labute approximate surface area is 114 Å². The van der Waals surface area contributed by atoms with Gasteiger partial charge in [0, 0.05) is 14.1 Å². The molecule has 0 saturated heterocycles. The van der Waals surface area contributed by atoms with E-state index in [4.69, 9.17) is 11.5 Å². The lowest BCUT2D eigenvalue weighted by Gasteiger charge is -2.13. The van der Waals surface area contributed by atoms with Gasteiger partial charge >= 0.3 is 0 Å². The number of carbonyl (C=O) groups excluding carboxylic acids is 1. The van der Waals surface area contributed by atoms with Crippen molar-refractivity contribution in [2.75, 3.05) is 31.7 Å². The first-order valence-corrected chi connectivity index (χ1v) is 7.28. The fourth-order valence-electron chi connectivity index (χ4n) is 1.13. The van der Waals surface area contributed by atoms with Gasteiger partial charge in [-0.1, -0.05) is 0 Å². The first-order valence-electron chi connectivity index (χ1n) is 5.06. The fourth-order valence-corrected chi connectivity index (χ4v) is 3.21. The summed E-state index contributed by atoms with van der Waals surface area (Å²) in [5, 5.41) is 12.0. The number of rotatable bonds is 6. The van der Waals surface area contributed by atoms with Crippen LogP contribution in [0.1, 0.15) is 0 Å². The monoisotopic (exact) mass is 309 g/mol. The zero-order valence-electron chi connectivity index (χ0n) is 10.3. The SMILES string of the molecule is CN(C)S(=O)(=O)c1c(N)nsc1NCC(O)C(N)=O. The second kappa shape index (κ2) is 5.69. The third kappa shape index (κ3) is 3.32. The molecule has 1 heterocycles. The van der Waals surface area contributed by atoms with Crippen molar-refractivity contribution in [3.8, 4) is 0 Å². The van der Waals surface area contributed by atoms with Crippen LogP contribution in [0.25, 0.3) is 0 Å². The normalized spacial score (nSPS) is 13.5. The highest BCUT2D eigenvalue weighted by atomic mass is 32.2. The van der Waals surface area contributed by atoms with Crippen LogP contribution in [0.3, 0.4) is 0 Å². The smallest absolute Gasteiger partial charge is 0.249 e. The number of anilines is 2. The molecule has 108 valence electrons. The van der Waals surface area contributed by atoms with Crippen LogP contribution < -0.4 is 16.8 Å². The molecule has 1 aromatic heterocycles. The fraction of sp³-hybridized carbons (Fsp3) is 0.500. The number of aliphatic hydroxyl groups is 1. The van der Waals surface area contributed by atoms with Gasteiger partial charge < -0.3 is 21.9 Å². The van der Waals surface area contributed by atoms with E-state index in [1.165, 1.54) is 14.1 Å². The number of hydrogen-bond donors (Lipinski definition) is 4. The van der Waals surface area contributed by atoms with E-state index in [1.807, 2.05) is 0 Å². The van der Waals surface area contributed by atoms with Crippen LogP contribution in [-0.4, -0.2) is 54.9 Å². The number of nitrogens with zero attached hydrogens (tertiary/aromatic N) is 2. The van der Waals surface area contributed by atoms with Gasteiger partial charge in [-0.15, -0.1) is 0 Å². The maximum atomic E-state index is 12.0. The lowest BCUT2D eigenvalue weighted by atomic mass is 10.3. The molecule has 0 bridgehead atoms. The Bertz CT molecular complexity index is 568.